The number of aromatic nitrogens is 2. The molecule has 0 unspecified atom stereocenters. The SMILES string of the molecule is CC(C)NC(=O)CCNc1nc(Cl)ncc1[N+](=O)[O-]. The Hall–Kier alpha value is -1.96. The summed E-state index contributed by atoms with van der Waals surface area (Å²) in [5.74, 6) is -0.146. The lowest BCUT2D eigenvalue weighted by Crippen LogP contribution is -2.31. The van der Waals surface area contributed by atoms with Gasteiger partial charge in [-0.2, -0.15) is 4.98 Å². The lowest BCUT2D eigenvalue weighted by Gasteiger charge is -2.09. The molecule has 0 saturated carbocycles. The van der Waals surface area contributed by atoms with Crippen molar-refractivity contribution in [1.29, 1.82) is 0 Å². The zero-order valence-corrected chi connectivity index (χ0v) is 11.3. The minimum Gasteiger partial charge on any atom is -0.364 e. The van der Waals surface area contributed by atoms with Gasteiger partial charge in [-0.3, -0.25) is 14.9 Å². The van der Waals surface area contributed by atoms with Crippen molar-refractivity contribution in [1.82, 2.24) is 15.3 Å². The van der Waals surface area contributed by atoms with Gasteiger partial charge in [0, 0.05) is 19.0 Å². The van der Waals surface area contributed by atoms with Crippen molar-refractivity contribution in [2.24, 2.45) is 0 Å². The van der Waals surface area contributed by atoms with Crippen molar-refractivity contribution in [2.45, 2.75) is 26.3 Å². The number of carbonyl (C=O) groups excluding carboxylic acids is 1. The minimum absolute atomic E-state index is 0.00217. The second-order valence-electron chi connectivity index (χ2n) is 4.03. The van der Waals surface area contributed by atoms with Crippen molar-refractivity contribution in [3.63, 3.8) is 0 Å². The molecule has 2 N–H and O–H groups in total. The fourth-order valence-electron chi connectivity index (χ4n) is 1.31. The van der Waals surface area contributed by atoms with E-state index in [9.17, 15) is 14.9 Å². The Morgan fingerprint density at radius 2 is 2.26 bits per heavy atom. The number of anilines is 1. The first-order valence-corrected chi connectivity index (χ1v) is 5.98. The van der Waals surface area contributed by atoms with Crippen LogP contribution in [0.2, 0.25) is 5.28 Å². The topological polar surface area (TPSA) is 110 Å². The largest absolute Gasteiger partial charge is 0.364 e. The molecule has 1 aromatic heterocycles. The standard InChI is InChI=1S/C10H14ClN5O3/c1-6(2)14-8(17)3-4-12-9-7(16(18)19)5-13-10(11)15-9/h5-6H,3-4H2,1-2H3,(H,14,17)(H,12,13,15). The Morgan fingerprint density at radius 3 is 2.84 bits per heavy atom. The van der Waals surface area contributed by atoms with Gasteiger partial charge in [0.15, 0.2) is 0 Å². The summed E-state index contributed by atoms with van der Waals surface area (Å²) in [6.45, 7) is 3.91. The quantitative estimate of drug-likeness (QED) is 0.464. The molecule has 0 radical (unpaired) electrons. The molecule has 1 rings (SSSR count). The molecule has 1 aromatic rings. The van der Waals surface area contributed by atoms with Crippen molar-refractivity contribution < 1.29 is 9.72 Å². The summed E-state index contributed by atoms with van der Waals surface area (Å²) in [6.07, 6.45) is 1.20. The Balaban J connectivity index is 2.60. The number of hydrogen-bond donors (Lipinski definition) is 2. The van der Waals surface area contributed by atoms with Crippen LogP contribution in [0.1, 0.15) is 20.3 Å². The van der Waals surface area contributed by atoms with Crippen LogP contribution in [-0.4, -0.2) is 33.4 Å². The van der Waals surface area contributed by atoms with E-state index in [1.165, 1.54) is 0 Å². The highest BCUT2D eigenvalue weighted by Gasteiger charge is 2.16. The van der Waals surface area contributed by atoms with Gasteiger partial charge in [0.2, 0.25) is 17.0 Å². The van der Waals surface area contributed by atoms with E-state index in [1.54, 1.807) is 0 Å². The molecule has 0 spiro atoms. The van der Waals surface area contributed by atoms with Gasteiger partial charge in [0.1, 0.15) is 6.20 Å². The zero-order chi connectivity index (χ0) is 14.4. The Kier molecular flexibility index (Phi) is 5.43. The molecule has 0 aliphatic heterocycles. The molecule has 0 saturated heterocycles. The van der Waals surface area contributed by atoms with Crippen LogP contribution >= 0.6 is 11.6 Å². The molecular formula is C10H14ClN5O3. The molecule has 0 aliphatic rings. The van der Waals surface area contributed by atoms with Crippen molar-refractivity contribution in [3.8, 4) is 0 Å². The summed E-state index contributed by atoms with van der Waals surface area (Å²) in [6, 6.07) is 0.0512. The van der Waals surface area contributed by atoms with Crippen LogP contribution in [0.4, 0.5) is 11.5 Å². The maximum absolute atomic E-state index is 11.4. The molecule has 104 valence electrons. The number of amides is 1. The molecule has 0 aliphatic carbocycles. The second kappa shape index (κ2) is 6.83. The van der Waals surface area contributed by atoms with Gasteiger partial charge < -0.3 is 10.6 Å². The van der Waals surface area contributed by atoms with E-state index in [0.29, 0.717) is 0 Å². The molecule has 9 heteroatoms. The first-order valence-electron chi connectivity index (χ1n) is 5.60. The van der Waals surface area contributed by atoms with Gasteiger partial charge in [-0.15, -0.1) is 0 Å². The monoisotopic (exact) mass is 287 g/mol. The molecule has 0 atom stereocenters. The molecule has 0 bridgehead atoms. The fourth-order valence-corrected chi connectivity index (χ4v) is 1.44. The highest BCUT2D eigenvalue weighted by atomic mass is 35.5. The van der Waals surface area contributed by atoms with Gasteiger partial charge in [0.05, 0.1) is 4.92 Å². The highest BCUT2D eigenvalue weighted by molar-refractivity contribution is 6.28. The summed E-state index contributed by atoms with van der Waals surface area (Å²) >= 11 is 5.57. The van der Waals surface area contributed by atoms with Crippen molar-refractivity contribution in [3.05, 3.63) is 21.6 Å². The summed E-state index contributed by atoms with van der Waals surface area (Å²) in [7, 11) is 0. The zero-order valence-electron chi connectivity index (χ0n) is 10.5. The van der Waals surface area contributed by atoms with Gasteiger partial charge in [-0.1, -0.05) is 0 Å². The first kappa shape index (κ1) is 15.1. The van der Waals surface area contributed by atoms with E-state index < -0.39 is 4.92 Å². The van der Waals surface area contributed by atoms with Crippen LogP contribution in [0.3, 0.4) is 0 Å². The molecule has 1 heterocycles. The maximum atomic E-state index is 11.4. The third kappa shape index (κ3) is 5.04. The van der Waals surface area contributed by atoms with Crippen LogP contribution in [0.15, 0.2) is 6.20 Å². The number of halogens is 1. The third-order valence-electron chi connectivity index (χ3n) is 2.03. The average Bonchev–Trinajstić information content (AvgIpc) is 2.27. The Morgan fingerprint density at radius 1 is 1.58 bits per heavy atom. The number of rotatable bonds is 6. The van der Waals surface area contributed by atoms with Crippen LogP contribution in [0.5, 0.6) is 0 Å². The summed E-state index contributed by atoms with van der Waals surface area (Å²) in [5.41, 5.74) is -0.284. The molecular weight excluding hydrogens is 274 g/mol. The van der Waals surface area contributed by atoms with Gasteiger partial charge in [-0.25, -0.2) is 4.98 Å². The van der Waals surface area contributed by atoms with Crippen LogP contribution < -0.4 is 10.6 Å². The molecule has 0 fully saturated rings. The number of carbonyl (C=O) groups is 1. The normalized spacial score (nSPS) is 10.3. The van der Waals surface area contributed by atoms with E-state index in [4.69, 9.17) is 11.6 Å². The van der Waals surface area contributed by atoms with E-state index in [2.05, 4.69) is 20.6 Å². The lowest BCUT2D eigenvalue weighted by molar-refractivity contribution is -0.384. The van der Waals surface area contributed by atoms with E-state index in [1.807, 2.05) is 13.8 Å². The second-order valence-corrected chi connectivity index (χ2v) is 4.37. The third-order valence-corrected chi connectivity index (χ3v) is 2.21. The Bertz CT molecular complexity index is 480. The number of nitro groups is 1. The van der Waals surface area contributed by atoms with Gasteiger partial charge in [-0.05, 0) is 25.4 Å². The average molecular weight is 288 g/mol. The van der Waals surface area contributed by atoms with Gasteiger partial charge >= 0.3 is 5.69 Å². The van der Waals surface area contributed by atoms with Crippen LogP contribution in [-0.2, 0) is 4.79 Å². The van der Waals surface area contributed by atoms with E-state index in [-0.39, 0.29) is 41.7 Å². The highest BCUT2D eigenvalue weighted by Crippen LogP contribution is 2.21. The Labute approximate surface area is 114 Å². The number of nitrogens with one attached hydrogen (secondary N) is 2. The number of nitrogens with zero attached hydrogens (tertiary/aromatic N) is 3. The van der Waals surface area contributed by atoms with Crippen LogP contribution in [0, 0.1) is 10.1 Å². The fraction of sp³-hybridized carbons (Fsp3) is 0.500. The smallest absolute Gasteiger partial charge is 0.329 e. The molecule has 0 aromatic carbocycles. The molecule has 19 heavy (non-hydrogen) atoms. The van der Waals surface area contributed by atoms with E-state index >= 15 is 0 Å². The lowest BCUT2D eigenvalue weighted by atomic mass is 10.3. The summed E-state index contributed by atoms with van der Waals surface area (Å²) in [4.78, 5) is 28.8. The minimum atomic E-state index is -0.618. The first-order chi connectivity index (χ1) is 8.90. The molecule has 1 amide bonds. The van der Waals surface area contributed by atoms with Gasteiger partial charge in [0.25, 0.3) is 0 Å². The predicted octanol–water partition coefficient (Wildman–Crippen LogP) is 1.36. The van der Waals surface area contributed by atoms with E-state index in [0.717, 1.165) is 6.20 Å². The summed E-state index contributed by atoms with van der Waals surface area (Å²) < 4.78 is 0. The van der Waals surface area contributed by atoms with Crippen molar-refractivity contribution >= 4 is 29.0 Å². The predicted molar refractivity (Wildman–Crippen MR) is 70.1 cm³/mol. The summed E-state index contributed by atoms with van der Waals surface area (Å²) in [5, 5.41) is 16.0. The number of hydrogen-bond acceptors (Lipinski definition) is 6. The van der Waals surface area contributed by atoms with Crippen LogP contribution in [0.25, 0.3) is 0 Å². The van der Waals surface area contributed by atoms with Crippen molar-refractivity contribution in [2.75, 3.05) is 11.9 Å². The maximum Gasteiger partial charge on any atom is 0.329 e. The molecule has 8 nitrogen and oxygen atoms in total.